The maximum Gasteiger partial charge on any atom is 0.218 e. The molecule has 7 heteroatoms. The molecule has 0 aliphatic carbocycles. The van der Waals surface area contributed by atoms with Gasteiger partial charge in [0.15, 0.2) is 0 Å². The first kappa shape index (κ1) is 16.4. The molecule has 1 aliphatic heterocycles. The Balaban J connectivity index is 2.08. The van der Waals surface area contributed by atoms with Gasteiger partial charge in [-0.1, -0.05) is 36.5 Å². The fraction of sp³-hybridized carbons (Fsp3) is 0.500. The van der Waals surface area contributed by atoms with E-state index < -0.39 is 10.0 Å². The highest BCUT2D eigenvalue weighted by atomic mass is 32.2. The smallest absolute Gasteiger partial charge is 0.218 e. The van der Waals surface area contributed by atoms with E-state index >= 15 is 0 Å². The summed E-state index contributed by atoms with van der Waals surface area (Å²) in [5.41, 5.74) is 7.00. The fourth-order valence-electron chi connectivity index (χ4n) is 2.42. The Morgan fingerprint density at radius 3 is 2.67 bits per heavy atom. The lowest BCUT2D eigenvalue weighted by Gasteiger charge is -2.31. The zero-order chi connectivity index (χ0) is 15.5. The Morgan fingerprint density at radius 1 is 1.43 bits per heavy atom. The molecule has 1 aromatic rings. The van der Waals surface area contributed by atoms with Gasteiger partial charge in [0.05, 0.1) is 11.9 Å². The summed E-state index contributed by atoms with van der Waals surface area (Å²) in [4.78, 5) is 0.309. The van der Waals surface area contributed by atoms with Gasteiger partial charge in [-0.2, -0.15) is 4.31 Å². The Labute approximate surface area is 131 Å². The first-order valence-electron chi connectivity index (χ1n) is 6.82. The standard InChI is InChI=1S/C14H20N2O3S2/c1-19-13-3-2-8-16(9-13)21(17,18)10-11-4-6-12(7-5-11)14(15)20/h4-7,13H,2-3,8-10H2,1H3,(H2,15,20). The lowest BCUT2D eigenvalue weighted by Crippen LogP contribution is -2.43. The Morgan fingerprint density at radius 2 is 2.10 bits per heavy atom. The molecule has 5 nitrogen and oxygen atoms in total. The van der Waals surface area contributed by atoms with Crippen LogP contribution in [0.25, 0.3) is 0 Å². The number of nitrogens with zero attached hydrogens (tertiary/aromatic N) is 1. The van der Waals surface area contributed by atoms with E-state index in [0.717, 1.165) is 24.0 Å². The quantitative estimate of drug-likeness (QED) is 0.824. The maximum absolute atomic E-state index is 12.5. The molecule has 0 radical (unpaired) electrons. The van der Waals surface area contributed by atoms with Crippen molar-refractivity contribution in [3.8, 4) is 0 Å². The number of ether oxygens (including phenoxy) is 1. The summed E-state index contributed by atoms with van der Waals surface area (Å²) in [6.45, 7) is 0.997. The minimum Gasteiger partial charge on any atom is -0.389 e. The number of hydrogen-bond donors (Lipinski definition) is 1. The molecular formula is C14H20N2O3S2. The molecule has 1 fully saturated rings. The van der Waals surface area contributed by atoms with Crippen molar-refractivity contribution in [2.75, 3.05) is 20.2 Å². The minimum atomic E-state index is -3.32. The van der Waals surface area contributed by atoms with Crippen molar-refractivity contribution in [1.29, 1.82) is 0 Å². The minimum absolute atomic E-state index is 0.00878. The van der Waals surface area contributed by atoms with Gasteiger partial charge in [-0.3, -0.25) is 0 Å². The number of nitrogens with two attached hydrogens (primary N) is 1. The summed E-state index contributed by atoms with van der Waals surface area (Å²) in [5.74, 6) is -0.0128. The van der Waals surface area contributed by atoms with Crippen LogP contribution in [-0.4, -0.2) is 44.0 Å². The van der Waals surface area contributed by atoms with Gasteiger partial charge in [0.1, 0.15) is 4.99 Å². The molecular weight excluding hydrogens is 308 g/mol. The van der Waals surface area contributed by atoms with E-state index in [4.69, 9.17) is 22.7 Å². The average molecular weight is 328 g/mol. The van der Waals surface area contributed by atoms with Crippen LogP contribution < -0.4 is 5.73 Å². The monoisotopic (exact) mass is 328 g/mol. The van der Waals surface area contributed by atoms with Gasteiger partial charge < -0.3 is 10.5 Å². The van der Waals surface area contributed by atoms with Gasteiger partial charge >= 0.3 is 0 Å². The first-order valence-corrected chi connectivity index (χ1v) is 8.83. The van der Waals surface area contributed by atoms with Gasteiger partial charge in [-0.15, -0.1) is 0 Å². The molecule has 1 aliphatic rings. The zero-order valence-corrected chi connectivity index (χ0v) is 13.6. The van der Waals surface area contributed by atoms with Crippen LogP contribution in [0.15, 0.2) is 24.3 Å². The molecule has 2 N–H and O–H groups in total. The molecule has 0 spiro atoms. The number of rotatable bonds is 5. The lowest BCUT2D eigenvalue weighted by atomic mass is 10.1. The SMILES string of the molecule is COC1CCCN(S(=O)(=O)Cc2ccc(C(N)=S)cc2)C1. The number of piperidine rings is 1. The van der Waals surface area contributed by atoms with Crippen molar-refractivity contribution in [3.63, 3.8) is 0 Å². The van der Waals surface area contributed by atoms with Crippen LogP contribution in [0.1, 0.15) is 24.0 Å². The van der Waals surface area contributed by atoms with Gasteiger partial charge in [-0.05, 0) is 18.4 Å². The van der Waals surface area contributed by atoms with Crippen LogP contribution in [0, 0.1) is 0 Å². The largest absolute Gasteiger partial charge is 0.389 e. The van der Waals surface area contributed by atoms with E-state index in [-0.39, 0.29) is 11.9 Å². The van der Waals surface area contributed by atoms with E-state index in [9.17, 15) is 8.42 Å². The molecule has 1 aromatic carbocycles. The number of sulfonamides is 1. The molecule has 1 saturated heterocycles. The van der Waals surface area contributed by atoms with Crippen LogP contribution in [-0.2, 0) is 20.5 Å². The summed E-state index contributed by atoms with van der Waals surface area (Å²) in [5, 5.41) is 0. The number of thiocarbonyl (C=S) groups is 1. The van der Waals surface area contributed by atoms with Crippen LogP contribution in [0.5, 0.6) is 0 Å². The molecule has 2 rings (SSSR count). The third kappa shape index (κ3) is 4.23. The van der Waals surface area contributed by atoms with Crippen molar-refractivity contribution >= 4 is 27.2 Å². The predicted octanol–water partition coefficient (Wildman–Crippen LogP) is 1.26. The summed E-state index contributed by atoms with van der Waals surface area (Å²) in [6.07, 6.45) is 1.73. The highest BCUT2D eigenvalue weighted by Gasteiger charge is 2.28. The molecule has 116 valence electrons. The summed E-state index contributed by atoms with van der Waals surface area (Å²) >= 11 is 4.88. The highest BCUT2D eigenvalue weighted by Crippen LogP contribution is 2.19. The predicted molar refractivity (Wildman–Crippen MR) is 86.6 cm³/mol. The summed E-state index contributed by atoms with van der Waals surface area (Å²) < 4.78 is 31.7. The molecule has 0 saturated carbocycles. The third-order valence-corrected chi connectivity index (χ3v) is 5.71. The Kier molecular flexibility index (Phi) is 5.32. The third-order valence-electron chi connectivity index (χ3n) is 3.66. The van der Waals surface area contributed by atoms with Crippen LogP contribution >= 0.6 is 12.2 Å². The number of methoxy groups -OCH3 is 1. The van der Waals surface area contributed by atoms with E-state index in [1.807, 2.05) is 0 Å². The number of hydrogen-bond acceptors (Lipinski definition) is 4. The van der Waals surface area contributed by atoms with E-state index in [2.05, 4.69) is 0 Å². The normalized spacial score (nSPS) is 20.3. The summed E-state index contributed by atoms with van der Waals surface area (Å²) in [6, 6.07) is 7.01. The van der Waals surface area contributed by atoms with Gasteiger partial charge in [0.2, 0.25) is 10.0 Å². The molecule has 1 atom stereocenters. The van der Waals surface area contributed by atoms with Crippen molar-refractivity contribution in [2.45, 2.75) is 24.7 Å². The van der Waals surface area contributed by atoms with E-state index in [0.29, 0.717) is 18.1 Å². The van der Waals surface area contributed by atoms with Crippen molar-refractivity contribution < 1.29 is 13.2 Å². The van der Waals surface area contributed by atoms with Crippen molar-refractivity contribution in [2.24, 2.45) is 5.73 Å². The number of benzene rings is 1. The Hall–Kier alpha value is -1.02. The lowest BCUT2D eigenvalue weighted by molar-refractivity contribution is 0.0571. The van der Waals surface area contributed by atoms with Gasteiger partial charge in [-0.25, -0.2) is 8.42 Å². The van der Waals surface area contributed by atoms with Crippen LogP contribution in [0.2, 0.25) is 0 Å². The van der Waals surface area contributed by atoms with Gasteiger partial charge in [0.25, 0.3) is 0 Å². The molecule has 1 unspecified atom stereocenters. The summed E-state index contributed by atoms with van der Waals surface area (Å²) in [7, 11) is -1.70. The second kappa shape index (κ2) is 6.83. The molecule has 0 bridgehead atoms. The average Bonchev–Trinajstić information content (AvgIpc) is 2.47. The van der Waals surface area contributed by atoms with Crippen molar-refractivity contribution in [1.82, 2.24) is 4.31 Å². The highest BCUT2D eigenvalue weighted by molar-refractivity contribution is 7.88. The molecule has 21 heavy (non-hydrogen) atoms. The molecule has 0 amide bonds. The molecule has 1 heterocycles. The fourth-order valence-corrected chi connectivity index (χ4v) is 4.15. The van der Waals surface area contributed by atoms with Crippen LogP contribution in [0.4, 0.5) is 0 Å². The maximum atomic E-state index is 12.5. The Bertz CT molecular complexity index is 599. The van der Waals surface area contributed by atoms with Gasteiger partial charge in [0, 0.05) is 25.8 Å². The van der Waals surface area contributed by atoms with Crippen molar-refractivity contribution in [3.05, 3.63) is 35.4 Å². The first-order chi connectivity index (χ1) is 9.92. The molecule has 0 aromatic heterocycles. The van der Waals surface area contributed by atoms with E-state index in [1.165, 1.54) is 4.31 Å². The second-order valence-corrected chi connectivity index (χ2v) is 7.58. The van der Waals surface area contributed by atoms with Crippen LogP contribution in [0.3, 0.4) is 0 Å². The van der Waals surface area contributed by atoms with E-state index in [1.54, 1.807) is 31.4 Å². The topological polar surface area (TPSA) is 72.6 Å². The zero-order valence-electron chi connectivity index (χ0n) is 12.0. The second-order valence-electron chi connectivity index (χ2n) is 5.18.